The van der Waals surface area contributed by atoms with Crippen molar-refractivity contribution >= 4 is 0 Å². The first-order chi connectivity index (χ1) is 6.66. The number of nitrogens with zero attached hydrogens (tertiary/aromatic N) is 1. The summed E-state index contributed by atoms with van der Waals surface area (Å²) in [5.41, 5.74) is 1.37. The van der Waals surface area contributed by atoms with Crippen molar-refractivity contribution < 1.29 is 4.74 Å². The zero-order valence-corrected chi connectivity index (χ0v) is 9.97. The molecule has 0 unspecified atom stereocenters. The summed E-state index contributed by atoms with van der Waals surface area (Å²) in [5, 5.41) is 3.37. The maximum Gasteiger partial charge on any atom is 0.0589 e. The lowest BCUT2D eigenvalue weighted by Crippen LogP contribution is -2.31. The molecule has 0 spiro atoms. The molecule has 0 heterocycles. The predicted octanol–water partition coefficient (Wildman–Crippen LogP) is 1.12. The summed E-state index contributed by atoms with van der Waals surface area (Å²) in [6, 6.07) is 0. The molecule has 84 valence electrons. The lowest BCUT2D eigenvalue weighted by molar-refractivity contribution is 0.161. The zero-order chi connectivity index (χ0) is 10.8. The summed E-state index contributed by atoms with van der Waals surface area (Å²) < 4.78 is 5.00. The van der Waals surface area contributed by atoms with Crippen molar-refractivity contribution in [2.75, 3.05) is 46.9 Å². The summed E-state index contributed by atoms with van der Waals surface area (Å²) in [4.78, 5) is 2.26. The number of likely N-dealkylation sites (N-methyl/N-ethyl adjacent to an activating group) is 1. The van der Waals surface area contributed by atoms with E-state index in [9.17, 15) is 0 Å². The molecule has 0 aliphatic rings. The lowest BCUT2D eigenvalue weighted by atomic mass is 10.3. The molecule has 0 saturated heterocycles. The molecular weight excluding hydrogens is 176 g/mol. The summed E-state index contributed by atoms with van der Waals surface area (Å²) in [5.74, 6) is 0. The van der Waals surface area contributed by atoms with Crippen molar-refractivity contribution in [3.8, 4) is 0 Å². The van der Waals surface area contributed by atoms with Gasteiger partial charge in [-0.3, -0.25) is 0 Å². The van der Waals surface area contributed by atoms with Gasteiger partial charge in [0.05, 0.1) is 6.61 Å². The number of hydrogen-bond acceptors (Lipinski definition) is 3. The van der Waals surface area contributed by atoms with E-state index in [2.05, 4.69) is 37.2 Å². The van der Waals surface area contributed by atoms with Crippen LogP contribution in [0.3, 0.4) is 0 Å². The Bertz CT molecular complexity index is 153. The van der Waals surface area contributed by atoms with Gasteiger partial charge in [-0.05, 0) is 20.9 Å². The highest BCUT2D eigenvalue weighted by atomic mass is 16.5. The Labute approximate surface area is 88.1 Å². The molecule has 0 radical (unpaired) electrons. The smallest absolute Gasteiger partial charge is 0.0589 e. The van der Waals surface area contributed by atoms with Gasteiger partial charge in [0, 0.05) is 33.3 Å². The van der Waals surface area contributed by atoms with Gasteiger partial charge in [0.2, 0.25) is 0 Å². The first-order valence-corrected chi connectivity index (χ1v) is 5.18. The van der Waals surface area contributed by atoms with E-state index in [1.165, 1.54) is 5.57 Å². The molecular formula is C11H24N2O. The van der Waals surface area contributed by atoms with Gasteiger partial charge in [-0.1, -0.05) is 11.6 Å². The summed E-state index contributed by atoms with van der Waals surface area (Å²) >= 11 is 0. The predicted molar refractivity (Wildman–Crippen MR) is 61.7 cm³/mol. The van der Waals surface area contributed by atoms with Crippen LogP contribution in [-0.2, 0) is 4.74 Å². The fourth-order valence-corrected chi connectivity index (χ4v) is 1.01. The molecule has 0 aliphatic carbocycles. The third-order valence-corrected chi connectivity index (χ3v) is 2.00. The number of hydrogen-bond donors (Lipinski definition) is 1. The minimum absolute atomic E-state index is 0.810. The van der Waals surface area contributed by atoms with Gasteiger partial charge in [0.1, 0.15) is 0 Å². The van der Waals surface area contributed by atoms with Crippen molar-refractivity contribution in [1.29, 1.82) is 0 Å². The standard InChI is InChI=1S/C11H24N2O/c1-11(2)5-6-12-7-8-13(3)9-10-14-4/h5,12H,6-10H2,1-4H3. The summed E-state index contributed by atoms with van der Waals surface area (Å²) in [7, 11) is 3.85. The van der Waals surface area contributed by atoms with Gasteiger partial charge < -0.3 is 15.0 Å². The van der Waals surface area contributed by atoms with Gasteiger partial charge >= 0.3 is 0 Å². The second kappa shape index (κ2) is 9.19. The van der Waals surface area contributed by atoms with E-state index < -0.39 is 0 Å². The lowest BCUT2D eigenvalue weighted by Gasteiger charge is -2.15. The zero-order valence-electron chi connectivity index (χ0n) is 9.97. The summed E-state index contributed by atoms with van der Waals surface area (Å²) in [6.45, 7) is 9.12. The molecule has 0 fully saturated rings. The number of allylic oxidation sites excluding steroid dienone is 1. The Balaban J connectivity index is 3.22. The number of rotatable bonds is 8. The minimum atomic E-state index is 0.810. The molecule has 0 rings (SSSR count). The Morgan fingerprint density at radius 1 is 1.36 bits per heavy atom. The topological polar surface area (TPSA) is 24.5 Å². The first kappa shape index (κ1) is 13.6. The van der Waals surface area contributed by atoms with Gasteiger partial charge in [-0.25, -0.2) is 0 Å². The van der Waals surface area contributed by atoms with Gasteiger partial charge in [0.25, 0.3) is 0 Å². The van der Waals surface area contributed by atoms with Crippen molar-refractivity contribution in [2.24, 2.45) is 0 Å². The molecule has 0 aromatic heterocycles. The maximum absolute atomic E-state index is 5.00. The molecule has 0 saturated carbocycles. The maximum atomic E-state index is 5.00. The van der Waals surface area contributed by atoms with Crippen LogP contribution in [0.5, 0.6) is 0 Å². The molecule has 3 nitrogen and oxygen atoms in total. The monoisotopic (exact) mass is 200 g/mol. The number of ether oxygens (including phenoxy) is 1. The normalized spacial score (nSPS) is 10.6. The van der Waals surface area contributed by atoms with E-state index in [0.717, 1.165) is 32.8 Å². The Morgan fingerprint density at radius 2 is 2.07 bits per heavy atom. The van der Waals surface area contributed by atoms with Crippen LogP contribution < -0.4 is 5.32 Å². The Kier molecular flexibility index (Phi) is 8.94. The highest BCUT2D eigenvalue weighted by Gasteiger charge is 1.95. The SMILES string of the molecule is COCCN(C)CCNCC=C(C)C. The molecule has 0 aromatic carbocycles. The van der Waals surface area contributed by atoms with Crippen LogP contribution in [-0.4, -0.2) is 51.8 Å². The molecule has 1 N–H and O–H groups in total. The van der Waals surface area contributed by atoms with Crippen molar-refractivity contribution in [2.45, 2.75) is 13.8 Å². The average molecular weight is 200 g/mol. The Morgan fingerprint density at radius 3 is 2.64 bits per heavy atom. The quantitative estimate of drug-likeness (QED) is 0.469. The second-order valence-electron chi connectivity index (χ2n) is 3.78. The fourth-order valence-electron chi connectivity index (χ4n) is 1.01. The van der Waals surface area contributed by atoms with Crippen LogP contribution in [0, 0.1) is 0 Å². The highest BCUT2D eigenvalue weighted by Crippen LogP contribution is 1.85. The molecule has 0 bridgehead atoms. The molecule has 14 heavy (non-hydrogen) atoms. The van der Waals surface area contributed by atoms with E-state index >= 15 is 0 Å². The van der Waals surface area contributed by atoms with Crippen molar-refractivity contribution in [3.63, 3.8) is 0 Å². The highest BCUT2D eigenvalue weighted by molar-refractivity contribution is 4.94. The molecule has 3 heteroatoms. The van der Waals surface area contributed by atoms with E-state index in [1.54, 1.807) is 7.11 Å². The van der Waals surface area contributed by atoms with Crippen LogP contribution in [0.1, 0.15) is 13.8 Å². The molecule has 0 aromatic rings. The first-order valence-electron chi connectivity index (χ1n) is 5.18. The Hall–Kier alpha value is -0.380. The molecule has 0 amide bonds. The number of methoxy groups -OCH3 is 1. The van der Waals surface area contributed by atoms with Crippen LogP contribution in [0.2, 0.25) is 0 Å². The second-order valence-corrected chi connectivity index (χ2v) is 3.78. The third kappa shape index (κ3) is 9.71. The van der Waals surface area contributed by atoms with E-state index in [4.69, 9.17) is 4.74 Å². The number of nitrogens with one attached hydrogen (secondary N) is 1. The largest absolute Gasteiger partial charge is 0.383 e. The van der Waals surface area contributed by atoms with E-state index in [0.29, 0.717) is 0 Å². The van der Waals surface area contributed by atoms with Crippen LogP contribution in [0.15, 0.2) is 11.6 Å². The van der Waals surface area contributed by atoms with E-state index in [-0.39, 0.29) is 0 Å². The van der Waals surface area contributed by atoms with Gasteiger partial charge in [-0.15, -0.1) is 0 Å². The molecule has 0 atom stereocenters. The van der Waals surface area contributed by atoms with Crippen molar-refractivity contribution in [3.05, 3.63) is 11.6 Å². The third-order valence-electron chi connectivity index (χ3n) is 2.00. The van der Waals surface area contributed by atoms with Gasteiger partial charge in [0.15, 0.2) is 0 Å². The van der Waals surface area contributed by atoms with Gasteiger partial charge in [-0.2, -0.15) is 0 Å². The summed E-state index contributed by atoms with van der Waals surface area (Å²) in [6.07, 6.45) is 2.20. The van der Waals surface area contributed by atoms with E-state index in [1.807, 2.05) is 0 Å². The fraction of sp³-hybridized carbons (Fsp3) is 0.818. The van der Waals surface area contributed by atoms with Crippen molar-refractivity contribution in [1.82, 2.24) is 10.2 Å². The van der Waals surface area contributed by atoms with Crippen LogP contribution in [0.25, 0.3) is 0 Å². The minimum Gasteiger partial charge on any atom is -0.383 e. The van der Waals surface area contributed by atoms with Crippen LogP contribution in [0.4, 0.5) is 0 Å². The molecule has 0 aliphatic heterocycles. The van der Waals surface area contributed by atoms with Crippen LogP contribution >= 0.6 is 0 Å². The average Bonchev–Trinajstić information content (AvgIpc) is 2.13.